The second-order valence-electron chi connectivity index (χ2n) is 9.67. The van der Waals surface area contributed by atoms with Crippen molar-refractivity contribution in [1.82, 2.24) is 10.2 Å². The topological polar surface area (TPSA) is 95.9 Å². The SMILES string of the molecule is CC1(C(=O)O)CN(C(=O)[C@H]2CCC[C@H]2NC(=O)OCC2c3ccccc3-c3ccccc32)C1. The number of likely N-dealkylation sites (tertiary alicyclic amines) is 1. The maximum absolute atomic E-state index is 12.9. The van der Waals surface area contributed by atoms with Gasteiger partial charge in [0.15, 0.2) is 0 Å². The van der Waals surface area contributed by atoms with Crippen LogP contribution in [0.5, 0.6) is 0 Å². The number of benzene rings is 2. The average Bonchev–Trinajstić information content (AvgIpc) is 3.37. The summed E-state index contributed by atoms with van der Waals surface area (Å²) in [6, 6.07) is 16.1. The van der Waals surface area contributed by atoms with Crippen molar-refractivity contribution in [3.63, 3.8) is 0 Å². The Hall–Kier alpha value is -3.35. The van der Waals surface area contributed by atoms with Crippen molar-refractivity contribution in [3.05, 3.63) is 59.7 Å². The van der Waals surface area contributed by atoms with Crippen LogP contribution in [0.3, 0.4) is 0 Å². The number of hydrogen-bond acceptors (Lipinski definition) is 4. The van der Waals surface area contributed by atoms with E-state index < -0.39 is 17.5 Å². The molecule has 1 saturated carbocycles. The van der Waals surface area contributed by atoms with Gasteiger partial charge < -0.3 is 20.1 Å². The van der Waals surface area contributed by atoms with Gasteiger partial charge >= 0.3 is 12.1 Å². The van der Waals surface area contributed by atoms with Crippen molar-refractivity contribution in [2.75, 3.05) is 19.7 Å². The van der Waals surface area contributed by atoms with E-state index in [4.69, 9.17) is 4.74 Å². The summed E-state index contributed by atoms with van der Waals surface area (Å²) in [6.45, 7) is 2.32. The molecule has 0 unspecified atom stereocenters. The van der Waals surface area contributed by atoms with E-state index in [0.717, 1.165) is 17.5 Å². The van der Waals surface area contributed by atoms with E-state index in [-0.39, 0.29) is 43.5 Å². The molecule has 1 saturated heterocycles. The van der Waals surface area contributed by atoms with E-state index in [1.54, 1.807) is 11.8 Å². The molecule has 7 nitrogen and oxygen atoms in total. The van der Waals surface area contributed by atoms with Crippen molar-refractivity contribution in [2.45, 2.75) is 38.1 Å². The zero-order chi connectivity index (χ0) is 23.2. The molecule has 0 radical (unpaired) electrons. The second-order valence-corrected chi connectivity index (χ2v) is 9.67. The number of ether oxygens (including phenoxy) is 1. The molecule has 2 aromatic carbocycles. The van der Waals surface area contributed by atoms with Gasteiger partial charge in [-0.15, -0.1) is 0 Å². The van der Waals surface area contributed by atoms with Gasteiger partial charge in [-0.25, -0.2) is 4.79 Å². The minimum Gasteiger partial charge on any atom is -0.481 e. The molecule has 2 amide bonds. The van der Waals surface area contributed by atoms with Gasteiger partial charge in [0.05, 0.1) is 11.3 Å². The Morgan fingerprint density at radius 2 is 1.64 bits per heavy atom. The molecule has 1 heterocycles. The Kier molecular flexibility index (Phi) is 5.35. The standard InChI is InChI=1S/C26H28N2O5/c1-26(24(30)31)14-28(15-26)23(29)20-11-6-12-22(20)27-25(32)33-13-21-18-9-4-2-7-16(18)17-8-3-5-10-19(17)21/h2-5,7-10,20-22H,6,11-15H2,1H3,(H,27,32)(H,30,31)/t20-,22+/m0/s1. The van der Waals surface area contributed by atoms with E-state index in [1.165, 1.54) is 11.1 Å². The quantitative estimate of drug-likeness (QED) is 0.728. The molecule has 5 rings (SSSR count). The number of carboxylic acid groups (broad SMARTS) is 1. The smallest absolute Gasteiger partial charge is 0.407 e. The van der Waals surface area contributed by atoms with Gasteiger partial charge in [-0.1, -0.05) is 55.0 Å². The molecule has 7 heteroatoms. The molecule has 2 fully saturated rings. The van der Waals surface area contributed by atoms with Crippen molar-refractivity contribution in [1.29, 1.82) is 0 Å². The van der Waals surface area contributed by atoms with Crippen LogP contribution in [0.2, 0.25) is 0 Å². The normalized spacial score (nSPS) is 22.8. The highest BCUT2D eigenvalue weighted by Gasteiger charge is 2.50. The summed E-state index contributed by atoms with van der Waals surface area (Å²) in [5.41, 5.74) is 3.78. The molecule has 33 heavy (non-hydrogen) atoms. The first-order valence-electron chi connectivity index (χ1n) is 11.5. The summed E-state index contributed by atoms with van der Waals surface area (Å²) in [4.78, 5) is 38.5. The van der Waals surface area contributed by atoms with Crippen LogP contribution in [0.25, 0.3) is 11.1 Å². The van der Waals surface area contributed by atoms with Crippen LogP contribution in [0, 0.1) is 11.3 Å². The molecule has 2 N–H and O–H groups in total. The van der Waals surface area contributed by atoms with Crippen molar-refractivity contribution in [3.8, 4) is 11.1 Å². The fraction of sp³-hybridized carbons (Fsp3) is 0.423. The number of rotatable bonds is 5. The maximum atomic E-state index is 12.9. The number of carbonyl (C=O) groups is 3. The molecule has 3 aliphatic rings. The fourth-order valence-corrected chi connectivity index (χ4v) is 5.54. The predicted octanol–water partition coefficient (Wildman–Crippen LogP) is 3.63. The lowest BCUT2D eigenvalue weighted by Gasteiger charge is -2.46. The Morgan fingerprint density at radius 1 is 1.03 bits per heavy atom. The number of aliphatic carboxylic acids is 1. The average molecular weight is 449 g/mol. The Morgan fingerprint density at radius 3 is 2.24 bits per heavy atom. The number of carboxylic acids is 1. The molecule has 0 spiro atoms. The number of nitrogens with zero attached hydrogens (tertiary/aromatic N) is 1. The lowest BCUT2D eigenvalue weighted by molar-refractivity contribution is -0.165. The molecular formula is C26H28N2O5. The Balaban J connectivity index is 1.20. The number of alkyl carbamates (subject to hydrolysis) is 1. The highest BCUT2D eigenvalue weighted by atomic mass is 16.5. The largest absolute Gasteiger partial charge is 0.481 e. The highest BCUT2D eigenvalue weighted by molar-refractivity contribution is 5.85. The summed E-state index contributed by atoms with van der Waals surface area (Å²) >= 11 is 0. The van der Waals surface area contributed by atoms with Crippen LogP contribution >= 0.6 is 0 Å². The van der Waals surface area contributed by atoms with Crippen LogP contribution in [0.1, 0.15) is 43.2 Å². The highest BCUT2D eigenvalue weighted by Crippen LogP contribution is 2.44. The van der Waals surface area contributed by atoms with Crippen LogP contribution in [-0.4, -0.2) is 53.7 Å². The first-order valence-corrected chi connectivity index (χ1v) is 11.5. The van der Waals surface area contributed by atoms with Crippen LogP contribution in [0.4, 0.5) is 4.79 Å². The lowest BCUT2D eigenvalue weighted by atomic mass is 9.81. The molecule has 2 atom stereocenters. The summed E-state index contributed by atoms with van der Waals surface area (Å²) in [5, 5.41) is 12.2. The van der Waals surface area contributed by atoms with E-state index >= 15 is 0 Å². The molecule has 0 bridgehead atoms. The summed E-state index contributed by atoms with van der Waals surface area (Å²) < 4.78 is 5.64. The van der Waals surface area contributed by atoms with E-state index in [2.05, 4.69) is 29.6 Å². The van der Waals surface area contributed by atoms with Gasteiger partial charge in [0.1, 0.15) is 6.61 Å². The predicted molar refractivity (Wildman–Crippen MR) is 122 cm³/mol. The van der Waals surface area contributed by atoms with Crippen LogP contribution in [0.15, 0.2) is 48.5 Å². The minimum atomic E-state index is -0.883. The van der Waals surface area contributed by atoms with Crippen molar-refractivity contribution >= 4 is 18.0 Å². The third-order valence-electron chi connectivity index (χ3n) is 7.39. The molecule has 172 valence electrons. The van der Waals surface area contributed by atoms with E-state index in [1.807, 2.05) is 24.3 Å². The zero-order valence-corrected chi connectivity index (χ0v) is 18.6. The Bertz CT molecular complexity index is 1060. The third-order valence-corrected chi connectivity index (χ3v) is 7.39. The number of nitrogens with one attached hydrogen (secondary N) is 1. The molecule has 1 aliphatic heterocycles. The fourth-order valence-electron chi connectivity index (χ4n) is 5.54. The summed E-state index contributed by atoms with van der Waals surface area (Å²) in [6.07, 6.45) is 1.73. The second kappa shape index (κ2) is 8.21. The molecule has 2 aliphatic carbocycles. The van der Waals surface area contributed by atoms with Crippen molar-refractivity contribution in [2.24, 2.45) is 11.3 Å². The van der Waals surface area contributed by atoms with Crippen LogP contribution in [-0.2, 0) is 14.3 Å². The maximum Gasteiger partial charge on any atom is 0.407 e. The molecule has 0 aromatic heterocycles. The first-order chi connectivity index (χ1) is 15.9. The summed E-state index contributed by atoms with van der Waals surface area (Å²) in [7, 11) is 0. The first kappa shape index (κ1) is 21.5. The van der Waals surface area contributed by atoms with Gasteiger partial charge in [-0.2, -0.15) is 0 Å². The lowest BCUT2D eigenvalue weighted by Crippen LogP contribution is -2.62. The minimum absolute atomic E-state index is 0.0149. The van der Waals surface area contributed by atoms with Gasteiger partial charge in [-0.3, -0.25) is 9.59 Å². The molecule has 2 aromatic rings. The number of carbonyl (C=O) groups excluding carboxylic acids is 2. The van der Waals surface area contributed by atoms with Gasteiger partial charge in [-0.05, 0) is 42.0 Å². The van der Waals surface area contributed by atoms with E-state index in [0.29, 0.717) is 12.8 Å². The van der Waals surface area contributed by atoms with Gasteiger partial charge in [0.2, 0.25) is 5.91 Å². The molecular weight excluding hydrogens is 420 g/mol. The monoisotopic (exact) mass is 448 g/mol. The number of amides is 2. The van der Waals surface area contributed by atoms with E-state index in [9.17, 15) is 19.5 Å². The van der Waals surface area contributed by atoms with Gasteiger partial charge in [0, 0.05) is 25.0 Å². The van der Waals surface area contributed by atoms with Crippen LogP contribution < -0.4 is 5.32 Å². The summed E-state index contributed by atoms with van der Waals surface area (Å²) in [5.74, 6) is -1.30. The number of fused-ring (bicyclic) bond motifs is 3. The zero-order valence-electron chi connectivity index (χ0n) is 18.6. The van der Waals surface area contributed by atoms with Crippen molar-refractivity contribution < 1.29 is 24.2 Å². The third kappa shape index (κ3) is 3.75. The Labute approximate surface area is 192 Å². The van der Waals surface area contributed by atoms with Gasteiger partial charge in [0.25, 0.3) is 0 Å². The number of hydrogen-bond donors (Lipinski definition) is 2.